The molecular weight excluding hydrogens is 405 g/mol. The number of nitrogens with one attached hydrogen (secondary N) is 1. The summed E-state index contributed by atoms with van der Waals surface area (Å²) in [6.45, 7) is 1.59. The van der Waals surface area contributed by atoms with Crippen molar-refractivity contribution in [3.8, 4) is 11.3 Å². The predicted molar refractivity (Wildman–Crippen MR) is 123 cm³/mol. The lowest BCUT2D eigenvalue weighted by Crippen LogP contribution is -2.20. The summed E-state index contributed by atoms with van der Waals surface area (Å²) in [5, 5.41) is 8.48. The average molecular weight is 432 g/mol. The van der Waals surface area contributed by atoms with Crippen molar-refractivity contribution >= 4 is 11.0 Å². The fourth-order valence-electron chi connectivity index (χ4n) is 4.59. The van der Waals surface area contributed by atoms with Gasteiger partial charge < -0.3 is 9.32 Å². The van der Waals surface area contributed by atoms with E-state index in [9.17, 15) is 9.18 Å². The van der Waals surface area contributed by atoms with E-state index in [0.717, 1.165) is 60.1 Å². The molecule has 5 rings (SSSR count). The summed E-state index contributed by atoms with van der Waals surface area (Å²) in [7, 11) is 2.07. The first-order valence-corrected chi connectivity index (χ1v) is 11.1. The van der Waals surface area contributed by atoms with Gasteiger partial charge in [0.05, 0.1) is 5.69 Å². The number of aromatic amines is 1. The lowest BCUT2D eigenvalue weighted by molar-refractivity contribution is 0.322. The zero-order valence-corrected chi connectivity index (χ0v) is 18.2. The summed E-state index contributed by atoms with van der Waals surface area (Å²) in [6.07, 6.45) is 5.15. The van der Waals surface area contributed by atoms with E-state index in [1.54, 1.807) is 18.2 Å². The maximum atomic E-state index is 13.1. The molecule has 1 aliphatic carbocycles. The van der Waals surface area contributed by atoms with E-state index >= 15 is 0 Å². The second-order valence-electron chi connectivity index (χ2n) is 8.69. The molecule has 0 bridgehead atoms. The maximum absolute atomic E-state index is 13.1. The minimum Gasteiger partial charge on any atom is -0.423 e. The number of nitrogens with zero attached hydrogens (tertiary/aromatic N) is 2. The number of H-pyrrole nitrogens is 1. The maximum Gasteiger partial charge on any atom is 0.336 e. The topological polar surface area (TPSA) is 62.1 Å². The Balaban J connectivity index is 1.22. The Kier molecular flexibility index (Phi) is 5.62. The highest BCUT2D eigenvalue weighted by atomic mass is 19.1. The van der Waals surface area contributed by atoms with Crippen LogP contribution >= 0.6 is 0 Å². The molecule has 0 aliphatic heterocycles. The molecule has 0 amide bonds. The van der Waals surface area contributed by atoms with Gasteiger partial charge in [-0.05, 0) is 105 Å². The molecule has 2 aromatic carbocycles. The summed E-state index contributed by atoms with van der Waals surface area (Å²) < 4.78 is 18.6. The third kappa shape index (κ3) is 4.36. The minimum atomic E-state index is -0.287. The minimum absolute atomic E-state index is 0.249. The van der Waals surface area contributed by atoms with Crippen LogP contribution in [0.25, 0.3) is 22.2 Å². The van der Waals surface area contributed by atoms with Crippen LogP contribution < -0.4 is 5.63 Å². The molecule has 32 heavy (non-hydrogen) atoms. The van der Waals surface area contributed by atoms with Crippen molar-refractivity contribution in [2.45, 2.75) is 38.6 Å². The van der Waals surface area contributed by atoms with Crippen molar-refractivity contribution in [3.63, 3.8) is 0 Å². The second kappa shape index (κ2) is 8.71. The van der Waals surface area contributed by atoms with Gasteiger partial charge in [-0.15, -0.1) is 0 Å². The highest BCUT2D eigenvalue weighted by Crippen LogP contribution is 2.29. The van der Waals surface area contributed by atoms with Gasteiger partial charge in [0.25, 0.3) is 0 Å². The molecule has 0 radical (unpaired) electrons. The summed E-state index contributed by atoms with van der Waals surface area (Å²) in [5.41, 5.74) is 6.90. The Hall–Kier alpha value is -3.25. The Morgan fingerprint density at radius 2 is 1.88 bits per heavy atom. The number of aryl methyl sites for hydroxylation is 3. The number of fused-ring (bicyclic) bond motifs is 2. The molecule has 0 atom stereocenters. The first-order chi connectivity index (χ1) is 15.5. The van der Waals surface area contributed by atoms with Crippen LogP contribution in [0.15, 0.2) is 57.7 Å². The van der Waals surface area contributed by atoms with E-state index in [-0.39, 0.29) is 11.4 Å². The predicted octanol–water partition coefficient (Wildman–Crippen LogP) is 4.88. The number of hydrogen-bond acceptors (Lipinski definition) is 4. The number of halogens is 1. The van der Waals surface area contributed by atoms with Crippen molar-refractivity contribution in [2.75, 3.05) is 13.6 Å². The lowest BCUT2D eigenvalue weighted by atomic mass is 10.0. The van der Waals surface area contributed by atoms with Crippen molar-refractivity contribution in [3.05, 3.63) is 87.2 Å². The van der Waals surface area contributed by atoms with Crippen LogP contribution in [0.3, 0.4) is 0 Å². The summed E-state index contributed by atoms with van der Waals surface area (Å²) in [6, 6.07) is 14.3. The Labute approximate surface area is 185 Å². The van der Waals surface area contributed by atoms with Crippen molar-refractivity contribution in [1.29, 1.82) is 0 Å². The molecule has 4 aromatic rings. The molecule has 0 fully saturated rings. The fourth-order valence-corrected chi connectivity index (χ4v) is 4.59. The number of aromatic nitrogens is 2. The van der Waals surface area contributed by atoms with Gasteiger partial charge in [-0.3, -0.25) is 5.10 Å². The van der Waals surface area contributed by atoms with Crippen LogP contribution in [0.1, 0.15) is 35.2 Å². The normalized spacial score (nSPS) is 13.2. The number of benzene rings is 2. The van der Waals surface area contributed by atoms with Crippen molar-refractivity contribution < 1.29 is 8.81 Å². The number of hydrogen-bond donors (Lipinski definition) is 1. The Bertz CT molecular complexity index is 1310. The monoisotopic (exact) mass is 431 g/mol. The first-order valence-electron chi connectivity index (χ1n) is 11.1. The zero-order valence-electron chi connectivity index (χ0n) is 18.2. The van der Waals surface area contributed by atoms with Gasteiger partial charge in [0.1, 0.15) is 11.4 Å². The molecule has 2 heterocycles. The van der Waals surface area contributed by atoms with Gasteiger partial charge in [0.2, 0.25) is 0 Å². The Morgan fingerprint density at radius 1 is 1.09 bits per heavy atom. The SMILES string of the molecule is CN(CCCc1cc(-c2ccc(F)cc2)n[nH]1)Cc1cc(=O)oc2cc3c(cc12)CCC3. The van der Waals surface area contributed by atoms with E-state index < -0.39 is 0 Å². The molecule has 0 unspecified atom stereocenters. The Morgan fingerprint density at radius 3 is 2.69 bits per heavy atom. The van der Waals surface area contributed by atoms with Crippen LogP contribution in [-0.4, -0.2) is 28.7 Å². The van der Waals surface area contributed by atoms with Crippen LogP contribution in [0, 0.1) is 5.82 Å². The van der Waals surface area contributed by atoms with E-state index in [4.69, 9.17) is 4.42 Å². The van der Waals surface area contributed by atoms with Crippen molar-refractivity contribution in [1.82, 2.24) is 15.1 Å². The molecule has 0 saturated carbocycles. The van der Waals surface area contributed by atoms with Gasteiger partial charge in [0, 0.05) is 29.3 Å². The van der Waals surface area contributed by atoms with Crippen LogP contribution in [0.4, 0.5) is 4.39 Å². The molecule has 5 nitrogen and oxygen atoms in total. The van der Waals surface area contributed by atoms with Crippen LogP contribution in [-0.2, 0) is 25.8 Å². The summed E-state index contributed by atoms with van der Waals surface area (Å²) >= 11 is 0. The molecule has 0 spiro atoms. The molecule has 0 saturated heterocycles. The zero-order chi connectivity index (χ0) is 22.1. The largest absolute Gasteiger partial charge is 0.423 e. The quantitative estimate of drug-likeness (QED) is 0.424. The average Bonchev–Trinajstić information content (AvgIpc) is 3.42. The highest BCUT2D eigenvalue weighted by molar-refractivity contribution is 5.82. The molecule has 1 N–H and O–H groups in total. The highest BCUT2D eigenvalue weighted by Gasteiger charge is 2.16. The fraction of sp³-hybridized carbons (Fsp3) is 0.308. The number of rotatable bonds is 7. The van der Waals surface area contributed by atoms with Gasteiger partial charge in [0.15, 0.2) is 0 Å². The molecule has 2 aromatic heterocycles. The van der Waals surface area contributed by atoms with Crippen LogP contribution in [0.5, 0.6) is 0 Å². The van der Waals surface area contributed by atoms with Gasteiger partial charge in [-0.25, -0.2) is 9.18 Å². The van der Waals surface area contributed by atoms with E-state index in [1.165, 1.54) is 29.7 Å². The van der Waals surface area contributed by atoms with E-state index in [0.29, 0.717) is 12.1 Å². The van der Waals surface area contributed by atoms with Crippen LogP contribution in [0.2, 0.25) is 0 Å². The van der Waals surface area contributed by atoms with E-state index in [2.05, 4.69) is 34.3 Å². The summed E-state index contributed by atoms with van der Waals surface area (Å²) in [5.74, 6) is -0.249. The van der Waals surface area contributed by atoms with Crippen molar-refractivity contribution in [2.24, 2.45) is 0 Å². The first kappa shape index (κ1) is 20.6. The molecule has 164 valence electrons. The molecule has 6 heteroatoms. The summed E-state index contributed by atoms with van der Waals surface area (Å²) in [4.78, 5) is 14.3. The second-order valence-corrected chi connectivity index (χ2v) is 8.69. The van der Waals surface area contributed by atoms with Gasteiger partial charge >= 0.3 is 5.63 Å². The van der Waals surface area contributed by atoms with E-state index in [1.807, 2.05) is 6.07 Å². The standard InChI is InChI=1S/C26H26FN3O2/c1-30(11-3-6-22-15-24(29-28-22)17-7-9-21(27)10-8-17)16-20-14-26(31)32-25-13-19-5-2-4-18(19)12-23(20)25/h7-10,12-15H,2-6,11,16H2,1H3,(H,28,29). The van der Waals surface area contributed by atoms with Gasteiger partial charge in [-0.2, -0.15) is 5.10 Å². The third-order valence-electron chi connectivity index (χ3n) is 6.24. The molecular formula is C26H26FN3O2. The van der Waals surface area contributed by atoms with Gasteiger partial charge in [-0.1, -0.05) is 0 Å². The lowest BCUT2D eigenvalue weighted by Gasteiger charge is -2.17. The third-order valence-corrected chi connectivity index (χ3v) is 6.24. The molecule has 1 aliphatic rings. The smallest absolute Gasteiger partial charge is 0.336 e.